The van der Waals surface area contributed by atoms with Gasteiger partial charge in [-0.15, -0.1) is 6.58 Å². The first-order chi connectivity index (χ1) is 8.13. The van der Waals surface area contributed by atoms with Crippen LogP contribution in [-0.4, -0.2) is 50.3 Å². The van der Waals surface area contributed by atoms with Crippen LogP contribution in [0.5, 0.6) is 0 Å². The molecule has 1 aliphatic heterocycles. The van der Waals surface area contributed by atoms with Crippen molar-refractivity contribution in [1.29, 1.82) is 0 Å². The lowest BCUT2D eigenvalue weighted by molar-refractivity contribution is -0.153. The molecule has 1 saturated heterocycles. The Labute approximate surface area is 104 Å². The van der Waals surface area contributed by atoms with Gasteiger partial charge < -0.3 is 14.4 Å². The molecule has 0 aromatic rings. The molecule has 98 valence electrons. The van der Waals surface area contributed by atoms with Crippen molar-refractivity contribution >= 4 is 5.97 Å². The van der Waals surface area contributed by atoms with Gasteiger partial charge in [-0.2, -0.15) is 0 Å². The van der Waals surface area contributed by atoms with Crippen LogP contribution in [0.25, 0.3) is 0 Å². The number of nitrogens with zero attached hydrogens (tertiary/aromatic N) is 1. The van der Waals surface area contributed by atoms with Crippen molar-refractivity contribution in [2.24, 2.45) is 5.92 Å². The standard InChI is InChI=1S/C13H23NO3/c1-4-5-8-16-10-12-6-7-14(3)9-13(12)17-11(2)15/h4,12-13H,1,5-10H2,2-3H3. The minimum Gasteiger partial charge on any atom is -0.461 e. The first-order valence-electron chi connectivity index (χ1n) is 6.18. The van der Waals surface area contributed by atoms with Crippen molar-refractivity contribution in [1.82, 2.24) is 4.90 Å². The normalized spacial score (nSPS) is 25.5. The topological polar surface area (TPSA) is 38.8 Å². The number of esters is 1. The van der Waals surface area contributed by atoms with Crippen molar-refractivity contribution in [3.05, 3.63) is 12.7 Å². The summed E-state index contributed by atoms with van der Waals surface area (Å²) in [5.74, 6) is 0.112. The molecule has 0 aliphatic carbocycles. The monoisotopic (exact) mass is 241 g/mol. The number of carbonyl (C=O) groups excluding carboxylic acids is 1. The van der Waals surface area contributed by atoms with E-state index in [0.29, 0.717) is 19.1 Å². The van der Waals surface area contributed by atoms with Gasteiger partial charge in [0.15, 0.2) is 0 Å². The molecule has 0 N–H and O–H groups in total. The van der Waals surface area contributed by atoms with Gasteiger partial charge >= 0.3 is 5.97 Å². The van der Waals surface area contributed by atoms with E-state index in [1.807, 2.05) is 13.1 Å². The molecule has 1 fully saturated rings. The molecule has 4 nitrogen and oxygen atoms in total. The van der Waals surface area contributed by atoms with Crippen molar-refractivity contribution in [2.45, 2.75) is 25.9 Å². The number of likely N-dealkylation sites (tertiary alicyclic amines) is 1. The highest BCUT2D eigenvalue weighted by molar-refractivity contribution is 5.66. The summed E-state index contributed by atoms with van der Waals surface area (Å²) < 4.78 is 10.9. The van der Waals surface area contributed by atoms with E-state index in [0.717, 1.165) is 25.9 Å². The number of hydrogen-bond acceptors (Lipinski definition) is 4. The fourth-order valence-electron chi connectivity index (χ4n) is 2.06. The second-order valence-electron chi connectivity index (χ2n) is 4.61. The van der Waals surface area contributed by atoms with Gasteiger partial charge in [-0.3, -0.25) is 4.79 Å². The van der Waals surface area contributed by atoms with Crippen molar-refractivity contribution in [2.75, 3.05) is 33.4 Å². The van der Waals surface area contributed by atoms with Gasteiger partial charge in [0, 0.05) is 19.4 Å². The number of carbonyl (C=O) groups is 1. The number of likely N-dealkylation sites (N-methyl/N-ethyl adjacent to an activating group) is 1. The van der Waals surface area contributed by atoms with Crippen LogP contribution in [0.3, 0.4) is 0 Å². The predicted octanol–water partition coefficient (Wildman–Crippen LogP) is 1.46. The Morgan fingerprint density at radius 1 is 1.59 bits per heavy atom. The van der Waals surface area contributed by atoms with E-state index in [1.54, 1.807) is 0 Å². The van der Waals surface area contributed by atoms with E-state index in [-0.39, 0.29) is 12.1 Å². The Hall–Kier alpha value is -0.870. The molecule has 4 heteroatoms. The summed E-state index contributed by atoms with van der Waals surface area (Å²) in [6, 6.07) is 0. The van der Waals surface area contributed by atoms with Gasteiger partial charge in [0.2, 0.25) is 0 Å². The number of rotatable bonds is 6. The Bertz CT molecular complexity index is 255. The summed E-state index contributed by atoms with van der Waals surface area (Å²) in [7, 11) is 2.05. The maximum Gasteiger partial charge on any atom is 0.302 e. The average Bonchev–Trinajstić information content (AvgIpc) is 2.26. The molecule has 0 amide bonds. The van der Waals surface area contributed by atoms with E-state index >= 15 is 0 Å². The molecule has 0 aromatic heterocycles. The highest BCUT2D eigenvalue weighted by Crippen LogP contribution is 2.20. The highest BCUT2D eigenvalue weighted by Gasteiger charge is 2.30. The zero-order valence-electron chi connectivity index (χ0n) is 10.9. The largest absolute Gasteiger partial charge is 0.461 e. The summed E-state index contributed by atoms with van der Waals surface area (Å²) >= 11 is 0. The van der Waals surface area contributed by atoms with E-state index in [4.69, 9.17) is 9.47 Å². The quantitative estimate of drug-likeness (QED) is 0.401. The lowest BCUT2D eigenvalue weighted by atomic mass is 9.95. The van der Waals surface area contributed by atoms with E-state index in [9.17, 15) is 4.79 Å². The molecule has 0 saturated carbocycles. The van der Waals surface area contributed by atoms with Crippen LogP contribution in [0.4, 0.5) is 0 Å². The van der Waals surface area contributed by atoms with Crippen LogP contribution in [-0.2, 0) is 14.3 Å². The third kappa shape index (κ3) is 5.33. The zero-order chi connectivity index (χ0) is 12.7. The Morgan fingerprint density at radius 2 is 2.35 bits per heavy atom. The van der Waals surface area contributed by atoms with E-state index < -0.39 is 0 Å². The zero-order valence-corrected chi connectivity index (χ0v) is 10.9. The van der Waals surface area contributed by atoms with Gasteiger partial charge in [0.05, 0.1) is 13.2 Å². The first-order valence-corrected chi connectivity index (χ1v) is 6.18. The maximum atomic E-state index is 11.0. The van der Waals surface area contributed by atoms with Crippen molar-refractivity contribution in [3.63, 3.8) is 0 Å². The SMILES string of the molecule is C=CCCOCC1CCN(C)CC1OC(C)=O. The Morgan fingerprint density at radius 3 is 3.00 bits per heavy atom. The Balaban J connectivity index is 2.37. The molecule has 2 unspecified atom stereocenters. The molecule has 0 aromatic carbocycles. The molecule has 1 aliphatic rings. The molecule has 0 spiro atoms. The maximum absolute atomic E-state index is 11.0. The number of piperidine rings is 1. The third-order valence-corrected chi connectivity index (χ3v) is 3.01. The number of hydrogen-bond donors (Lipinski definition) is 0. The second-order valence-corrected chi connectivity index (χ2v) is 4.61. The van der Waals surface area contributed by atoms with Crippen LogP contribution in [0.15, 0.2) is 12.7 Å². The fourth-order valence-corrected chi connectivity index (χ4v) is 2.06. The highest BCUT2D eigenvalue weighted by atomic mass is 16.5. The smallest absolute Gasteiger partial charge is 0.302 e. The van der Waals surface area contributed by atoms with Gasteiger partial charge in [0.1, 0.15) is 6.10 Å². The molecule has 17 heavy (non-hydrogen) atoms. The molecule has 0 bridgehead atoms. The summed E-state index contributed by atoms with van der Waals surface area (Å²) in [5.41, 5.74) is 0. The second kappa shape index (κ2) is 7.45. The lowest BCUT2D eigenvalue weighted by Gasteiger charge is -2.35. The van der Waals surface area contributed by atoms with Gasteiger partial charge in [0.25, 0.3) is 0 Å². The number of ether oxygens (including phenoxy) is 2. The van der Waals surface area contributed by atoms with Crippen LogP contribution in [0, 0.1) is 5.92 Å². The first kappa shape index (κ1) is 14.2. The molecule has 1 heterocycles. The van der Waals surface area contributed by atoms with E-state index in [1.165, 1.54) is 6.92 Å². The van der Waals surface area contributed by atoms with Crippen LogP contribution >= 0.6 is 0 Å². The van der Waals surface area contributed by atoms with Gasteiger partial charge in [-0.25, -0.2) is 0 Å². The van der Waals surface area contributed by atoms with Crippen molar-refractivity contribution in [3.8, 4) is 0 Å². The molecular formula is C13H23NO3. The summed E-state index contributed by atoms with van der Waals surface area (Å²) in [6.07, 6.45) is 3.70. The minimum atomic E-state index is -0.207. The third-order valence-electron chi connectivity index (χ3n) is 3.01. The predicted molar refractivity (Wildman–Crippen MR) is 66.8 cm³/mol. The van der Waals surface area contributed by atoms with Gasteiger partial charge in [-0.1, -0.05) is 6.08 Å². The van der Waals surface area contributed by atoms with Crippen molar-refractivity contribution < 1.29 is 14.3 Å². The molecule has 1 rings (SSSR count). The van der Waals surface area contributed by atoms with E-state index in [2.05, 4.69) is 11.5 Å². The van der Waals surface area contributed by atoms with Crippen LogP contribution in [0.1, 0.15) is 19.8 Å². The van der Waals surface area contributed by atoms with Gasteiger partial charge in [-0.05, 0) is 26.4 Å². The molecular weight excluding hydrogens is 218 g/mol. The Kier molecular flexibility index (Phi) is 6.22. The summed E-state index contributed by atoms with van der Waals surface area (Å²) in [5, 5.41) is 0. The minimum absolute atomic E-state index is 0.0324. The molecule has 0 radical (unpaired) electrons. The summed E-state index contributed by atoms with van der Waals surface area (Å²) in [4.78, 5) is 13.2. The van der Waals surface area contributed by atoms with Crippen LogP contribution in [0.2, 0.25) is 0 Å². The molecule has 2 atom stereocenters. The average molecular weight is 241 g/mol. The lowest BCUT2D eigenvalue weighted by Crippen LogP contribution is -2.45. The fraction of sp³-hybridized carbons (Fsp3) is 0.769. The summed E-state index contributed by atoms with van der Waals surface area (Å²) in [6.45, 7) is 8.31. The van der Waals surface area contributed by atoms with Crippen LogP contribution < -0.4 is 0 Å².